The van der Waals surface area contributed by atoms with Crippen LogP contribution in [-0.2, 0) is 5.75 Å². The summed E-state index contributed by atoms with van der Waals surface area (Å²) in [5.41, 5.74) is 1.02. The summed E-state index contributed by atoms with van der Waals surface area (Å²) in [6.45, 7) is 0. The van der Waals surface area contributed by atoms with E-state index in [1.807, 2.05) is 30.5 Å². The predicted molar refractivity (Wildman–Crippen MR) is 91.8 cm³/mol. The first kappa shape index (κ1) is 15.2. The molecule has 0 radical (unpaired) electrons. The number of aromatic amines is 1. The summed E-state index contributed by atoms with van der Waals surface area (Å²) in [5, 5.41) is 3.70. The number of anilines is 1. The molecule has 3 aromatic rings. The first-order valence-corrected chi connectivity index (χ1v) is 8.31. The largest absolute Gasteiger partial charge is 0.319 e. The van der Waals surface area contributed by atoms with Crippen LogP contribution in [0.5, 0.6) is 0 Å². The molecule has 0 fully saturated rings. The van der Waals surface area contributed by atoms with Gasteiger partial charge in [-0.05, 0) is 18.4 Å². The maximum atomic E-state index is 12.4. The van der Waals surface area contributed by atoms with E-state index in [9.17, 15) is 9.59 Å². The summed E-state index contributed by atoms with van der Waals surface area (Å²) in [5.74, 6) is 0.578. The Bertz CT molecular complexity index is 918. The van der Waals surface area contributed by atoms with Gasteiger partial charge in [0.2, 0.25) is 0 Å². The second-order valence-electron chi connectivity index (χ2n) is 4.85. The topological polar surface area (TPSA) is 87.7 Å². The van der Waals surface area contributed by atoms with Crippen molar-refractivity contribution < 1.29 is 4.79 Å². The molecular formula is C16H14N4O2S. The number of pyridine rings is 1. The fraction of sp³-hybridized carbons (Fsp3) is 0.125. The Labute approximate surface area is 136 Å². The van der Waals surface area contributed by atoms with Gasteiger partial charge in [0.25, 0.3) is 11.5 Å². The Kier molecular flexibility index (Phi) is 4.38. The van der Waals surface area contributed by atoms with Crippen molar-refractivity contribution in [2.45, 2.75) is 5.75 Å². The lowest BCUT2D eigenvalue weighted by Gasteiger charge is -2.08. The van der Waals surface area contributed by atoms with Crippen LogP contribution in [0.3, 0.4) is 0 Å². The molecule has 2 heterocycles. The van der Waals surface area contributed by atoms with Crippen molar-refractivity contribution >= 4 is 34.3 Å². The van der Waals surface area contributed by atoms with Crippen molar-refractivity contribution in [1.82, 2.24) is 15.0 Å². The Balaban J connectivity index is 1.93. The van der Waals surface area contributed by atoms with E-state index in [1.54, 1.807) is 12.3 Å². The van der Waals surface area contributed by atoms with Crippen molar-refractivity contribution in [2.75, 3.05) is 11.6 Å². The first-order valence-electron chi connectivity index (χ1n) is 6.91. The number of fused-ring (bicyclic) bond motifs is 1. The number of amides is 1. The van der Waals surface area contributed by atoms with Crippen LogP contribution in [0.2, 0.25) is 0 Å². The maximum Gasteiger partial charge on any atom is 0.274 e. The molecule has 2 N–H and O–H groups in total. The van der Waals surface area contributed by atoms with Crippen molar-refractivity contribution in [3.05, 3.63) is 64.5 Å². The van der Waals surface area contributed by atoms with Gasteiger partial charge >= 0.3 is 0 Å². The smallest absolute Gasteiger partial charge is 0.274 e. The highest BCUT2D eigenvalue weighted by atomic mass is 32.2. The van der Waals surface area contributed by atoms with Crippen LogP contribution in [-0.4, -0.2) is 27.1 Å². The lowest BCUT2D eigenvalue weighted by atomic mass is 10.2. The fourth-order valence-corrected chi connectivity index (χ4v) is 2.63. The molecule has 0 aliphatic carbocycles. The summed E-state index contributed by atoms with van der Waals surface area (Å²) in [4.78, 5) is 35.2. The average molecular weight is 326 g/mol. The van der Waals surface area contributed by atoms with Crippen LogP contribution >= 0.6 is 11.8 Å². The van der Waals surface area contributed by atoms with E-state index >= 15 is 0 Å². The third-order valence-corrected chi connectivity index (χ3v) is 3.75. The molecule has 0 aliphatic heterocycles. The second-order valence-corrected chi connectivity index (χ2v) is 5.71. The maximum absolute atomic E-state index is 12.4. The van der Waals surface area contributed by atoms with E-state index in [1.165, 1.54) is 17.8 Å². The van der Waals surface area contributed by atoms with E-state index < -0.39 is 5.91 Å². The number of carbonyl (C=O) groups excluding carboxylic acids is 1. The van der Waals surface area contributed by atoms with Crippen LogP contribution in [0.25, 0.3) is 10.9 Å². The van der Waals surface area contributed by atoms with Gasteiger partial charge in [0, 0.05) is 17.6 Å². The van der Waals surface area contributed by atoms with E-state index in [0.717, 1.165) is 5.39 Å². The molecule has 116 valence electrons. The Morgan fingerprint density at radius 1 is 1.30 bits per heavy atom. The number of rotatable bonds is 4. The molecule has 0 aliphatic rings. The number of benzene rings is 1. The van der Waals surface area contributed by atoms with Gasteiger partial charge in [-0.15, -0.1) is 0 Å². The van der Waals surface area contributed by atoms with Crippen molar-refractivity contribution in [3.8, 4) is 0 Å². The number of nitrogens with one attached hydrogen (secondary N) is 2. The standard InChI is InChI=1S/C16H14N4O2S/c1-23-9-13-18-12(8-14(21)20-13)16(22)19-11-6-2-4-10-5-3-7-17-15(10)11/h2-8H,9H2,1H3,(H,19,22)(H,18,20,21). The predicted octanol–water partition coefficient (Wildman–Crippen LogP) is 2.43. The zero-order valence-electron chi connectivity index (χ0n) is 12.4. The minimum absolute atomic E-state index is 0.0886. The molecule has 7 heteroatoms. The summed E-state index contributed by atoms with van der Waals surface area (Å²) < 4.78 is 0. The van der Waals surface area contributed by atoms with Crippen molar-refractivity contribution in [3.63, 3.8) is 0 Å². The van der Waals surface area contributed by atoms with Crippen molar-refractivity contribution in [2.24, 2.45) is 0 Å². The first-order chi connectivity index (χ1) is 11.2. The third-order valence-electron chi connectivity index (χ3n) is 3.19. The minimum Gasteiger partial charge on any atom is -0.319 e. The summed E-state index contributed by atoms with van der Waals surface area (Å²) in [7, 11) is 0. The van der Waals surface area contributed by atoms with Gasteiger partial charge in [-0.25, -0.2) is 4.98 Å². The molecule has 6 nitrogen and oxygen atoms in total. The van der Waals surface area contributed by atoms with Gasteiger partial charge in [-0.2, -0.15) is 11.8 Å². The second kappa shape index (κ2) is 6.62. The van der Waals surface area contributed by atoms with Gasteiger partial charge < -0.3 is 10.3 Å². The molecule has 0 saturated carbocycles. The average Bonchev–Trinajstić information content (AvgIpc) is 2.55. The molecule has 3 rings (SSSR count). The number of hydrogen-bond acceptors (Lipinski definition) is 5. The van der Waals surface area contributed by atoms with Gasteiger partial charge in [-0.3, -0.25) is 14.6 Å². The number of para-hydroxylation sites is 1. The number of aromatic nitrogens is 3. The number of hydrogen-bond donors (Lipinski definition) is 2. The Morgan fingerprint density at radius 2 is 2.13 bits per heavy atom. The zero-order chi connectivity index (χ0) is 16.2. The van der Waals surface area contributed by atoms with E-state index in [4.69, 9.17) is 0 Å². The monoisotopic (exact) mass is 326 g/mol. The normalized spacial score (nSPS) is 10.7. The minimum atomic E-state index is -0.434. The number of thioether (sulfide) groups is 1. The Morgan fingerprint density at radius 3 is 2.96 bits per heavy atom. The van der Waals surface area contributed by atoms with Gasteiger partial charge in [-0.1, -0.05) is 18.2 Å². The quantitative estimate of drug-likeness (QED) is 0.769. The van der Waals surface area contributed by atoms with Gasteiger partial charge in [0.1, 0.15) is 11.5 Å². The molecule has 0 bridgehead atoms. The zero-order valence-corrected chi connectivity index (χ0v) is 13.2. The van der Waals surface area contributed by atoms with Crippen LogP contribution in [0.1, 0.15) is 16.3 Å². The molecule has 23 heavy (non-hydrogen) atoms. The van der Waals surface area contributed by atoms with Crippen LogP contribution in [0, 0.1) is 0 Å². The lowest BCUT2D eigenvalue weighted by Crippen LogP contribution is -2.20. The molecule has 0 saturated heterocycles. The number of nitrogens with zero attached hydrogens (tertiary/aromatic N) is 2. The molecule has 0 unspecified atom stereocenters. The van der Waals surface area contributed by atoms with Crippen molar-refractivity contribution in [1.29, 1.82) is 0 Å². The molecule has 0 spiro atoms. The highest BCUT2D eigenvalue weighted by molar-refractivity contribution is 7.97. The van der Waals surface area contributed by atoms with E-state index in [-0.39, 0.29) is 11.3 Å². The summed E-state index contributed by atoms with van der Waals surface area (Å²) >= 11 is 1.52. The van der Waals surface area contributed by atoms with Crippen LogP contribution in [0.15, 0.2) is 47.4 Å². The summed E-state index contributed by atoms with van der Waals surface area (Å²) in [6.07, 6.45) is 3.56. The lowest BCUT2D eigenvalue weighted by molar-refractivity contribution is 0.102. The fourth-order valence-electron chi connectivity index (χ4n) is 2.22. The molecule has 1 amide bonds. The molecular weight excluding hydrogens is 312 g/mol. The van der Waals surface area contributed by atoms with Crippen LogP contribution in [0.4, 0.5) is 5.69 Å². The summed E-state index contributed by atoms with van der Waals surface area (Å²) in [6, 6.07) is 10.5. The third kappa shape index (κ3) is 3.40. The highest BCUT2D eigenvalue weighted by Gasteiger charge is 2.12. The molecule has 2 aromatic heterocycles. The highest BCUT2D eigenvalue weighted by Crippen LogP contribution is 2.21. The van der Waals surface area contributed by atoms with Gasteiger partial charge in [0.05, 0.1) is 17.0 Å². The van der Waals surface area contributed by atoms with E-state index in [2.05, 4.69) is 20.3 Å². The molecule has 1 aromatic carbocycles. The SMILES string of the molecule is CSCc1nc(C(=O)Nc2cccc3cccnc23)cc(=O)[nH]1. The van der Waals surface area contributed by atoms with Gasteiger partial charge in [0.15, 0.2) is 0 Å². The van der Waals surface area contributed by atoms with E-state index in [0.29, 0.717) is 22.8 Å². The van der Waals surface area contributed by atoms with Crippen LogP contribution < -0.4 is 10.9 Å². The molecule has 0 atom stereocenters. The number of H-pyrrole nitrogens is 1. The Hall–Kier alpha value is -2.67. The number of carbonyl (C=O) groups is 1.